The monoisotopic (exact) mass is 288 g/mol. The van der Waals surface area contributed by atoms with Crippen molar-refractivity contribution in [2.24, 2.45) is 5.92 Å². The van der Waals surface area contributed by atoms with Crippen LogP contribution in [0.3, 0.4) is 0 Å². The molecule has 0 aliphatic carbocycles. The SMILES string of the molecule is CC1CCN(C(=O)CC(=O)NCCc2ccccc2)CC1. The van der Waals surface area contributed by atoms with Crippen molar-refractivity contribution in [3.63, 3.8) is 0 Å². The minimum Gasteiger partial charge on any atom is -0.355 e. The Bertz CT molecular complexity index is 465. The predicted molar refractivity (Wildman–Crippen MR) is 82.8 cm³/mol. The Morgan fingerprint density at radius 3 is 2.52 bits per heavy atom. The first-order valence-corrected chi connectivity index (χ1v) is 7.73. The van der Waals surface area contributed by atoms with Crippen LogP contribution in [-0.4, -0.2) is 36.3 Å². The average molecular weight is 288 g/mol. The number of nitrogens with one attached hydrogen (secondary N) is 1. The molecule has 1 aromatic carbocycles. The minimum atomic E-state index is -0.172. The van der Waals surface area contributed by atoms with Crippen LogP contribution < -0.4 is 5.32 Å². The molecule has 2 rings (SSSR count). The number of piperidine rings is 1. The first-order valence-electron chi connectivity index (χ1n) is 7.73. The molecule has 2 amide bonds. The van der Waals surface area contributed by atoms with E-state index >= 15 is 0 Å². The van der Waals surface area contributed by atoms with Gasteiger partial charge in [-0.25, -0.2) is 0 Å². The first-order chi connectivity index (χ1) is 10.1. The lowest BCUT2D eigenvalue weighted by molar-refractivity contribution is -0.137. The van der Waals surface area contributed by atoms with E-state index in [0.29, 0.717) is 12.5 Å². The fraction of sp³-hybridized carbons (Fsp3) is 0.529. The molecule has 1 heterocycles. The second-order valence-corrected chi connectivity index (χ2v) is 5.83. The largest absolute Gasteiger partial charge is 0.355 e. The summed E-state index contributed by atoms with van der Waals surface area (Å²) in [5.74, 6) is 0.474. The van der Waals surface area contributed by atoms with Crippen molar-refractivity contribution < 1.29 is 9.59 Å². The quantitative estimate of drug-likeness (QED) is 0.842. The Balaban J connectivity index is 1.66. The molecule has 4 heteroatoms. The number of amides is 2. The maximum absolute atomic E-state index is 12.0. The average Bonchev–Trinajstić information content (AvgIpc) is 2.49. The number of rotatable bonds is 5. The molecule has 114 valence electrons. The van der Waals surface area contributed by atoms with Gasteiger partial charge in [-0.1, -0.05) is 37.3 Å². The van der Waals surface area contributed by atoms with E-state index in [9.17, 15) is 9.59 Å². The summed E-state index contributed by atoms with van der Waals surface area (Å²) in [7, 11) is 0. The highest BCUT2D eigenvalue weighted by molar-refractivity contribution is 5.96. The van der Waals surface area contributed by atoms with Crippen molar-refractivity contribution in [3.05, 3.63) is 35.9 Å². The minimum absolute atomic E-state index is 0.0246. The van der Waals surface area contributed by atoms with Crippen molar-refractivity contribution >= 4 is 11.8 Å². The number of carbonyl (C=O) groups is 2. The smallest absolute Gasteiger partial charge is 0.232 e. The third kappa shape index (κ3) is 5.21. The molecule has 1 aliphatic rings. The van der Waals surface area contributed by atoms with Crippen LogP contribution in [0, 0.1) is 5.92 Å². The molecule has 4 nitrogen and oxygen atoms in total. The van der Waals surface area contributed by atoms with Crippen LogP contribution in [0.4, 0.5) is 0 Å². The maximum Gasteiger partial charge on any atom is 0.232 e. The molecule has 0 unspecified atom stereocenters. The van der Waals surface area contributed by atoms with Gasteiger partial charge in [0.1, 0.15) is 6.42 Å². The maximum atomic E-state index is 12.0. The van der Waals surface area contributed by atoms with Gasteiger partial charge in [0.15, 0.2) is 0 Å². The number of hydrogen-bond donors (Lipinski definition) is 1. The van der Waals surface area contributed by atoms with Crippen LogP contribution >= 0.6 is 0 Å². The Hall–Kier alpha value is -1.84. The summed E-state index contributed by atoms with van der Waals surface area (Å²) in [5.41, 5.74) is 1.19. The summed E-state index contributed by atoms with van der Waals surface area (Å²) in [4.78, 5) is 25.6. The summed E-state index contributed by atoms with van der Waals surface area (Å²) >= 11 is 0. The molecule has 1 fully saturated rings. The van der Waals surface area contributed by atoms with E-state index in [1.165, 1.54) is 5.56 Å². The van der Waals surface area contributed by atoms with E-state index < -0.39 is 0 Å². The van der Waals surface area contributed by atoms with Crippen molar-refractivity contribution in [3.8, 4) is 0 Å². The van der Waals surface area contributed by atoms with Crippen LogP contribution in [0.15, 0.2) is 30.3 Å². The second kappa shape index (κ2) is 7.81. The van der Waals surface area contributed by atoms with E-state index in [1.807, 2.05) is 35.2 Å². The van der Waals surface area contributed by atoms with Gasteiger partial charge in [0, 0.05) is 19.6 Å². The molecule has 0 radical (unpaired) electrons. The molecule has 1 aliphatic heterocycles. The van der Waals surface area contributed by atoms with Crippen molar-refractivity contribution in [1.82, 2.24) is 10.2 Å². The van der Waals surface area contributed by atoms with Crippen molar-refractivity contribution in [2.75, 3.05) is 19.6 Å². The molecular formula is C17H24N2O2. The summed E-state index contributed by atoms with van der Waals surface area (Å²) in [6.45, 7) is 4.36. The van der Waals surface area contributed by atoms with Crippen LogP contribution in [0.25, 0.3) is 0 Å². The zero-order valence-corrected chi connectivity index (χ0v) is 12.7. The number of hydrogen-bond acceptors (Lipinski definition) is 2. The summed E-state index contributed by atoms with van der Waals surface area (Å²) in [6.07, 6.45) is 2.86. The van der Waals surface area contributed by atoms with Crippen LogP contribution in [0.2, 0.25) is 0 Å². The standard InChI is InChI=1S/C17H24N2O2/c1-14-8-11-19(12-9-14)17(21)13-16(20)18-10-7-15-5-3-2-4-6-15/h2-6,14H,7-13H2,1H3,(H,18,20). The third-order valence-electron chi connectivity index (χ3n) is 4.03. The van der Waals surface area contributed by atoms with E-state index in [-0.39, 0.29) is 18.2 Å². The van der Waals surface area contributed by atoms with Gasteiger partial charge in [-0.3, -0.25) is 9.59 Å². The van der Waals surface area contributed by atoms with E-state index in [0.717, 1.165) is 32.4 Å². The molecule has 0 spiro atoms. The lowest BCUT2D eigenvalue weighted by atomic mass is 9.99. The van der Waals surface area contributed by atoms with E-state index in [2.05, 4.69) is 12.2 Å². The van der Waals surface area contributed by atoms with Gasteiger partial charge in [0.2, 0.25) is 11.8 Å². The first kappa shape index (κ1) is 15.5. The van der Waals surface area contributed by atoms with Gasteiger partial charge in [0.25, 0.3) is 0 Å². The zero-order chi connectivity index (χ0) is 15.1. The van der Waals surface area contributed by atoms with Gasteiger partial charge >= 0.3 is 0 Å². The van der Waals surface area contributed by atoms with E-state index in [1.54, 1.807) is 0 Å². The Kier molecular flexibility index (Phi) is 5.78. The second-order valence-electron chi connectivity index (χ2n) is 5.83. The molecule has 1 aromatic rings. The molecule has 1 N–H and O–H groups in total. The summed E-state index contributed by atoms with van der Waals surface area (Å²) in [5, 5.41) is 2.82. The van der Waals surface area contributed by atoms with Gasteiger partial charge in [-0.15, -0.1) is 0 Å². The predicted octanol–water partition coefficient (Wildman–Crippen LogP) is 1.99. The molecule has 0 atom stereocenters. The number of benzene rings is 1. The topological polar surface area (TPSA) is 49.4 Å². The molecule has 0 bridgehead atoms. The van der Waals surface area contributed by atoms with Crippen molar-refractivity contribution in [2.45, 2.75) is 32.6 Å². The van der Waals surface area contributed by atoms with Gasteiger partial charge in [-0.05, 0) is 30.7 Å². The zero-order valence-electron chi connectivity index (χ0n) is 12.7. The van der Waals surface area contributed by atoms with Gasteiger partial charge in [-0.2, -0.15) is 0 Å². The highest BCUT2D eigenvalue weighted by Gasteiger charge is 2.21. The van der Waals surface area contributed by atoms with Crippen LogP contribution in [-0.2, 0) is 16.0 Å². The Morgan fingerprint density at radius 1 is 1.19 bits per heavy atom. The summed E-state index contributed by atoms with van der Waals surface area (Å²) < 4.78 is 0. The fourth-order valence-electron chi connectivity index (χ4n) is 2.56. The number of carbonyl (C=O) groups excluding carboxylic acids is 2. The lowest BCUT2D eigenvalue weighted by Crippen LogP contribution is -2.40. The lowest BCUT2D eigenvalue weighted by Gasteiger charge is -2.30. The van der Waals surface area contributed by atoms with Gasteiger partial charge < -0.3 is 10.2 Å². The highest BCUT2D eigenvalue weighted by Crippen LogP contribution is 2.16. The normalized spacial score (nSPS) is 15.8. The van der Waals surface area contributed by atoms with Gasteiger partial charge in [0.05, 0.1) is 0 Å². The number of likely N-dealkylation sites (tertiary alicyclic amines) is 1. The molecule has 0 aromatic heterocycles. The van der Waals surface area contributed by atoms with Crippen LogP contribution in [0.5, 0.6) is 0 Å². The van der Waals surface area contributed by atoms with Crippen molar-refractivity contribution in [1.29, 1.82) is 0 Å². The number of nitrogens with zero attached hydrogens (tertiary/aromatic N) is 1. The Labute approximate surface area is 126 Å². The fourth-order valence-corrected chi connectivity index (χ4v) is 2.56. The summed E-state index contributed by atoms with van der Waals surface area (Å²) in [6, 6.07) is 10.0. The molecule has 0 saturated carbocycles. The Morgan fingerprint density at radius 2 is 1.86 bits per heavy atom. The molecular weight excluding hydrogens is 264 g/mol. The molecule has 1 saturated heterocycles. The third-order valence-corrected chi connectivity index (χ3v) is 4.03. The molecule has 21 heavy (non-hydrogen) atoms. The van der Waals surface area contributed by atoms with E-state index in [4.69, 9.17) is 0 Å². The highest BCUT2D eigenvalue weighted by atomic mass is 16.2. The van der Waals surface area contributed by atoms with Crippen LogP contribution in [0.1, 0.15) is 31.7 Å².